The van der Waals surface area contributed by atoms with Crippen molar-refractivity contribution in [1.29, 1.82) is 0 Å². The summed E-state index contributed by atoms with van der Waals surface area (Å²) >= 11 is 0. The zero-order valence-electron chi connectivity index (χ0n) is 15.5. The fourth-order valence-corrected chi connectivity index (χ4v) is 2.74. The first-order valence-electron chi connectivity index (χ1n) is 8.42. The Morgan fingerprint density at radius 2 is 1.70 bits per heavy atom. The monoisotopic (exact) mass is 363 g/mol. The van der Waals surface area contributed by atoms with E-state index >= 15 is 0 Å². The molecule has 0 unspecified atom stereocenters. The molecule has 6 heteroatoms. The Bertz CT molecular complexity index is 963. The molecular weight excluding hydrogens is 342 g/mol. The van der Waals surface area contributed by atoms with Crippen LogP contribution in [0.15, 0.2) is 66.0 Å². The molecular formula is C21H21N3O3. The van der Waals surface area contributed by atoms with E-state index in [9.17, 15) is 4.79 Å². The molecule has 138 valence electrons. The van der Waals surface area contributed by atoms with Gasteiger partial charge in [0, 0.05) is 18.0 Å². The molecule has 1 N–H and O–H groups in total. The summed E-state index contributed by atoms with van der Waals surface area (Å²) in [5.74, 6) is 0.972. The van der Waals surface area contributed by atoms with Crippen LogP contribution in [0.4, 0.5) is 0 Å². The van der Waals surface area contributed by atoms with Crippen LogP contribution in [-0.2, 0) is 0 Å². The van der Waals surface area contributed by atoms with Crippen LogP contribution in [0.25, 0.3) is 5.69 Å². The second-order valence-corrected chi connectivity index (χ2v) is 5.87. The Balaban J connectivity index is 1.79. The molecule has 0 fully saturated rings. The van der Waals surface area contributed by atoms with Crippen molar-refractivity contribution in [2.75, 3.05) is 14.2 Å². The number of hydrogen-bond acceptors (Lipinski definition) is 4. The molecule has 0 aliphatic heterocycles. The summed E-state index contributed by atoms with van der Waals surface area (Å²) in [6, 6.07) is 14.9. The van der Waals surface area contributed by atoms with E-state index in [4.69, 9.17) is 9.47 Å². The summed E-state index contributed by atoms with van der Waals surface area (Å²) in [4.78, 5) is 12.6. The van der Waals surface area contributed by atoms with Crippen LogP contribution in [0.2, 0.25) is 0 Å². The summed E-state index contributed by atoms with van der Waals surface area (Å²) in [6.07, 6.45) is 5.37. The highest BCUT2D eigenvalue weighted by Gasteiger charge is 2.11. The van der Waals surface area contributed by atoms with Crippen molar-refractivity contribution in [3.05, 3.63) is 77.6 Å². The van der Waals surface area contributed by atoms with Crippen molar-refractivity contribution >= 4 is 12.1 Å². The number of carbonyl (C=O) groups is 1. The van der Waals surface area contributed by atoms with Gasteiger partial charge in [-0.05, 0) is 48.9 Å². The van der Waals surface area contributed by atoms with Crippen molar-refractivity contribution in [3.63, 3.8) is 0 Å². The number of rotatable bonds is 6. The van der Waals surface area contributed by atoms with E-state index in [0.717, 1.165) is 16.8 Å². The Morgan fingerprint density at radius 1 is 1.04 bits per heavy atom. The molecule has 6 nitrogen and oxygen atoms in total. The van der Waals surface area contributed by atoms with Gasteiger partial charge >= 0.3 is 0 Å². The smallest absolute Gasteiger partial charge is 0.273 e. The topological polar surface area (TPSA) is 64.8 Å². The maximum absolute atomic E-state index is 12.6. The zero-order valence-corrected chi connectivity index (χ0v) is 15.5. The molecule has 0 saturated heterocycles. The molecule has 0 saturated carbocycles. The Hall–Kier alpha value is -3.54. The predicted octanol–water partition coefficient (Wildman–Crippen LogP) is 3.57. The summed E-state index contributed by atoms with van der Waals surface area (Å²) < 4.78 is 12.5. The van der Waals surface area contributed by atoms with E-state index in [1.165, 1.54) is 0 Å². The molecule has 27 heavy (non-hydrogen) atoms. The molecule has 0 aliphatic rings. The lowest BCUT2D eigenvalue weighted by atomic mass is 10.1. The van der Waals surface area contributed by atoms with E-state index in [1.807, 2.05) is 66.3 Å². The van der Waals surface area contributed by atoms with Crippen LogP contribution in [0, 0.1) is 6.92 Å². The van der Waals surface area contributed by atoms with Gasteiger partial charge in [-0.1, -0.05) is 12.1 Å². The number of benzene rings is 2. The number of aryl methyl sites for hydroxylation is 1. The number of hydrogen-bond donors (Lipinski definition) is 1. The number of para-hydroxylation sites is 1. The normalized spacial score (nSPS) is 10.8. The molecule has 0 spiro atoms. The standard InChI is InChI=1S/C21H21N3O3/c1-15-12-19(26-2)20(27-3)13-16(15)14-22-23-21(25)17-8-4-5-9-18(17)24-10-6-7-11-24/h4-14H,1-3H3,(H,23,25)/b22-14-. The third-order valence-electron chi connectivity index (χ3n) is 4.17. The second kappa shape index (κ2) is 8.23. The van der Waals surface area contributed by atoms with E-state index in [-0.39, 0.29) is 5.91 Å². The number of amides is 1. The van der Waals surface area contributed by atoms with Crippen molar-refractivity contribution < 1.29 is 14.3 Å². The van der Waals surface area contributed by atoms with Crippen LogP contribution in [-0.4, -0.2) is 30.9 Å². The van der Waals surface area contributed by atoms with E-state index < -0.39 is 0 Å². The van der Waals surface area contributed by atoms with Gasteiger partial charge < -0.3 is 14.0 Å². The van der Waals surface area contributed by atoms with E-state index in [2.05, 4.69) is 10.5 Å². The Labute approximate surface area is 158 Å². The first-order chi connectivity index (χ1) is 13.1. The van der Waals surface area contributed by atoms with Crippen molar-refractivity contribution in [2.45, 2.75) is 6.92 Å². The highest BCUT2D eigenvalue weighted by Crippen LogP contribution is 2.29. The van der Waals surface area contributed by atoms with Crippen LogP contribution < -0.4 is 14.9 Å². The van der Waals surface area contributed by atoms with Crippen molar-refractivity contribution in [1.82, 2.24) is 9.99 Å². The van der Waals surface area contributed by atoms with Crippen LogP contribution >= 0.6 is 0 Å². The number of methoxy groups -OCH3 is 2. The molecule has 2 aromatic carbocycles. The third-order valence-corrected chi connectivity index (χ3v) is 4.17. The minimum Gasteiger partial charge on any atom is -0.493 e. The SMILES string of the molecule is COc1cc(C)c(/C=N\NC(=O)c2ccccc2-n2cccc2)cc1OC. The minimum atomic E-state index is -0.284. The maximum Gasteiger partial charge on any atom is 0.273 e. The first kappa shape index (κ1) is 18.3. The number of nitrogens with zero attached hydrogens (tertiary/aromatic N) is 2. The molecule has 0 bridgehead atoms. The molecule has 1 aromatic heterocycles. The fourth-order valence-electron chi connectivity index (χ4n) is 2.74. The number of hydrazone groups is 1. The molecule has 1 heterocycles. The Kier molecular flexibility index (Phi) is 5.56. The third kappa shape index (κ3) is 4.00. The highest BCUT2D eigenvalue weighted by atomic mass is 16.5. The zero-order chi connectivity index (χ0) is 19.2. The van der Waals surface area contributed by atoms with Crippen LogP contribution in [0.3, 0.4) is 0 Å². The number of nitrogens with one attached hydrogen (secondary N) is 1. The van der Waals surface area contributed by atoms with Crippen molar-refractivity contribution in [3.8, 4) is 17.2 Å². The van der Waals surface area contributed by atoms with Gasteiger partial charge in [-0.15, -0.1) is 0 Å². The van der Waals surface area contributed by atoms with Gasteiger partial charge in [-0.25, -0.2) is 5.43 Å². The average molecular weight is 363 g/mol. The lowest BCUT2D eigenvalue weighted by Crippen LogP contribution is -2.19. The highest BCUT2D eigenvalue weighted by molar-refractivity contribution is 5.98. The Morgan fingerprint density at radius 3 is 2.41 bits per heavy atom. The number of carbonyl (C=O) groups excluding carboxylic acids is 1. The first-order valence-corrected chi connectivity index (χ1v) is 8.42. The molecule has 1 amide bonds. The lowest BCUT2D eigenvalue weighted by Gasteiger charge is -2.11. The van der Waals surface area contributed by atoms with Crippen LogP contribution in [0.5, 0.6) is 11.5 Å². The largest absolute Gasteiger partial charge is 0.493 e. The summed E-state index contributed by atoms with van der Waals surface area (Å²) in [6.45, 7) is 1.94. The van der Waals surface area contributed by atoms with Crippen LogP contribution in [0.1, 0.15) is 21.5 Å². The summed E-state index contributed by atoms with van der Waals surface area (Å²) in [5, 5.41) is 4.10. The van der Waals surface area contributed by atoms with E-state index in [1.54, 1.807) is 26.5 Å². The van der Waals surface area contributed by atoms with Gasteiger partial charge in [-0.2, -0.15) is 5.10 Å². The molecule has 0 aliphatic carbocycles. The summed E-state index contributed by atoms with van der Waals surface area (Å²) in [5.41, 5.74) is 5.70. The second-order valence-electron chi connectivity index (χ2n) is 5.87. The van der Waals surface area contributed by atoms with Gasteiger partial charge in [0.1, 0.15) is 0 Å². The summed E-state index contributed by atoms with van der Waals surface area (Å²) in [7, 11) is 3.17. The van der Waals surface area contributed by atoms with Gasteiger partial charge in [-0.3, -0.25) is 4.79 Å². The number of aromatic nitrogens is 1. The fraction of sp³-hybridized carbons (Fsp3) is 0.143. The van der Waals surface area contributed by atoms with Gasteiger partial charge in [0.15, 0.2) is 11.5 Å². The minimum absolute atomic E-state index is 0.284. The molecule has 0 atom stereocenters. The van der Waals surface area contributed by atoms with Gasteiger partial charge in [0.25, 0.3) is 5.91 Å². The van der Waals surface area contributed by atoms with Gasteiger partial charge in [0.2, 0.25) is 0 Å². The predicted molar refractivity (Wildman–Crippen MR) is 105 cm³/mol. The lowest BCUT2D eigenvalue weighted by molar-refractivity contribution is 0.0955. The number of ether oxygens (including phenoxy) is 2. The molecule has 0 radical (unpaired) electrons. The van der Waals surface area contributed by atoms with Crippen molar-refractivity contribution in [2.24, 2.45) is 5.10 Å². The molecule has 3 aromatic rings. The quantitative estimate of drug-likeness (QED) is 0.538. The molecule has 3 rings (SSSR count). The average Bonchev–Trinajstić information content (AvgIpc) is 3.23. The maximum atomic E-state index is 12.6. The van der Waals surface area contributed by atoms with E-state index in [0.29, 0.717) is 17.1 Å². The van der Waals surface area contributed by atoms with Gasteiger partial charge in [0.05, 0.1) is 31.7 Å².